The number of carbonyl (C=O) groups is 1. The average Bonchev–Trinajstić information content (AvgIpc) is 2.76. The van der Waals surface area contributed by atoms with Gasteiger partial charge in [-0.25, -0.2) is 0 Å². The summed E-state index contributed by atoms with van der Waals surface area (Å²) in [6, 6.07) is 18.0. The second kappa shape index (κ2) is 10.8. The van der Waals surface area contributed by atoms with E-state index in [4.69, 9.17) is 19.4 Å². The molecule has 0 radical (unpaired) electrons. The summed E-state index contributed by atoms with van der Waals surface area (Å²) in [6.07, 6.45) is -2.24. The van der Waals surface area contributed by atoms with Crippen LogP contribution in [0.15, 0.2) is 65.8 Å². The van der Waals surface area contributed by atoms with Crippen LogP contribution in [0.4, 0.5) is 0 Å². The molecule has 160 valence electrons. The molecule has 1 heterocycles. The first-order chi connectivity index (χ1) is 14.6. The fourth-order valence-corrected chi connectivity index (χ4v) is 3.32. The highest BCUT2D eigenvalue weighted by atomic mass is 16.7. The molecule has 1 saturated heterocycles. The van der Waals surface area contributed by atoms with E-state index in [1.54, 1.807) is 0 Å². The molecule has 0 unspecified atom stereocenters. The molecule has 2 aromatic carbocycles. The quantitative estimate of drug-likeness (QED) is 0.346. The van der Waals surface area contributed by atoms with Crippen molar-refractivity contribution in [3.05, 3.63) is 71.8 Å². The fraction of sp³-hybridized carbons (Fsp3) is 0.364. The lowest BCUT2D eigenvalue weighted by molar-refractivity contribution is -0.281. The van der Waals surface area contributed by atoms with E-state index in [0.717, 1.165) is 17.3 Å². The van der Waals surface area contributed by atoms with Gasteiger partial charge in [0.15, 0.2) is 6.29 Å². The van der Waals surface area contributed by atoms with Gasteiger partial charge in [-0.3, -0.25) is 4.79 Å². The molecule has 1 aliphatic heterocycles. The van der Waals surface area contributed by atoms with Gasteiger partial charge in [0.2, 0.25) is 5.91 Å². The predicted octanol–water partition coefficient (Wildman–Crippen LogP) is 2.01. The van der Waals surface area contributed by atoms with Crippen LogP contribution in [0.5, 0.6) is 0 Å². The number of amides is 1. The number of rotatable bonds is 8. The number of aliphatic hydroxyl groups is 1. The second-order valence-electron chi connectivity index (χ2n) is 7.00. The Labute approximate surface area is 175 Å². The van der Waals surface area contributed by atoms with E-state index in [0.29, 0.717) is 0 Å². The highest BCUT2D eigenvalue weighted by Crippen LogP contribution is 2.30. The van der Waals surface area contributed by atoms with E-state index in [-0.39, 0.29) is 19.1 Å². The van der Waals surface area contributed by atoms with Crippen molar-refractivity contribution < 1.29 is 29.3 Å². The summed E-state index contributed by atoms with van der Waals surface area (Å²) in [5, 5.41) is 25.5. The Morgan fingerprint density at radius 1 is 1.23 bits per heavy atom. The van der Waals surface area contributed by atoms with Crippen LogP contribution in [0.25, 0.3) is 0 Å². The van der Waals surface area contributed by atoms with Gasteiger partial charge in [0, 0.05) is 12.5 Å². The Balaban J connectivity index is 1.84. The molecule has 0 spiro atoms. The summed E-state index contributed by atoms with van der Waals surface area (Å²) < 4.78 is 17.8. The Bertz CT molecular complexity index is 817. The molecule has 1 fully saturated rings. The largest absolute Gasteiger partial charge is 0.411 e. The zero-order valence-electron chi connectivity index (χ0n) is 16.6. The van der Waals surface area contributed by atoms with Crippen molar-refractivity contribution in [2.24, 2.45) is 5.16 Å². The second-order valence-corrected chi connectivity index (χ2v) is 7.00. The van der Waals surface area contributed by atoms with Crippen molar-refractivity contribution in [2.75, 3.05) is 6.61 Å². The van der Waals surface area contributed by atoms with Gasteiger partial charge in [0.1, 0.15) is 18.3 Å². The molecule has 2 aromatic rings. The molecule has 8 heteroatoms. The number of oxime groups is 1. The zero-order valence-corrected chi connectivity index (χ0v) is 16.6. The van der Waals surface area contributed by atoms with E-state index >= 15 is 0 Å². The molecule has 0 aromatic heterocycles. The maximum Gasteiger partial charge on any atom is 0.217 e. The zero-order chi connectivity index (χ0) is 21.3. The Morgan fingerprint density at radius 3 is 2.53 bits per heavy atom. The number of benzene rings is 2. The van der Waals surface area contributed by atoms with E-state index in [1.165, 1.54) is 6.92 Å². The van der Waals surface area contributed by atoms with E-state index in [1.807, 2.05) is 60.7 Å². The minimum Gasteiger partial charge on any atom is -0.411 e. The van der Waals surface area contributed by atoms with Crippen molar-refractivity contribution in [3.8, 4) is 0 Å². The molecule has 5 atom stereocenters. The van der Waals surface area contributed by atoms with Crippen LogP contribution in [0.1, 0.15) is 24.3 Å². The maximum atomic E-state index is 11.7. The lowest BCUT2D eigenvalue weighted by Gasteiger charge is -2.40. The van der Waals surface area contributed by atoms with Crippen LogP contribution in [-0.4, -0.2) is 53.4 Å². The third-order valence-corrected chi connectivity index (χ3v) is 4.71. The smallest absolute Gasteiger partial charge is 0.217 e. The van der Waals surface area contributed by atoms with Crippen molar-refractivity contribution in [3.63, 3.8) is 0 Å². The molecular formula is C22H26N2O6. The number of hydrogen-bond acceptors (Lipinski definition) is 7. The van der Waals surface area contributed by atoms with Gasteiger partial charge in [-0.15, -0.1) is 0 Å². The van der Waals surface area contributed by atoms with Crippen LogP contribution in [0, 0.1) is 0 Å². The normalized spacial score (nSPS) is 23.7. The van der Waals surface area contributed by atoms with Crippen LogP contribution in [0.2, 0.25) is 0 Å². The number of nitrogens with zero attached hydrogens (tertiary/aromatic N) is 1. The van der Waals surface area contributed by atoms with Crippen molar-refractivity contribution >= 4 is 12.1 Å². The topological polar surface area (TPSA) is 110 Å². The van der Waals surface area contributed by atoms with Gasteiger partial charge in [0.05, 0.1) is 25.5 Å². The molecule has 0 aliphatic carbocycles. The third-order valence-electron chi connectivity index (χ3n) is 4.71. The van der Waals surface area contributed by atoms with E-state index in [9.17, 15) is 9.90 Å². The van der Waals surface area contributed by atoms with Crippen LogP contribution >= 0.6 is 0 Å². The summed E-state index contributed by atoms with van der Waals surface area (Å²) in [5.74, 6) is -0.339. The summed E-state index contributed by atoms with van der Waals surface area (Å²) in [5.41, 5.74) is 1.70. The van der Waals surface area contributed by atoms with Crippen LogP contribution < -0.4 is 5.32 Å². The van der Waals surface area contributed by atoms with Crippen LogP contribution in [0.3, 0.4) is 0 Å². The lowest BCUT2D eigenvalue weighted by Crippen LogP contribution is -2.57. The van der Waals surface area contributed by atoms with E-state index < -0.39 is 30.6 Å². The molecular weight excluding hydrogens is 388 g/mol. The summed E-state index contributed by atoms with van der Waals surface area (Å²) in [4.78, 5) is 11.7. The van der Waals surface area contributed by atoms with Gasteiger partial charge in [-0.1, -0.05) is 65.8 Å². The highest BCUT2D eigenvalue weighted by Gasteiger charge is 2.41. The Hall–Kier alpha value is -2.78. The molecule has 0 bridgehead atoms. The predicted molar refractivity (Wildman–Crippen MR) is 109 cm³/mol. The minimum atomic E-state index is -1.01. The monoisotopic (exact) mass is 414 g/mol. The molecule has 8 nitrogen and oxygen atoms in total. The summed E-state index contributed by atoms with van der Waals surface area (Å²) >= 11 is 0. The van der Waals surface area contributed by atoms with Crippen LogP contribution in [-0.2, 0) is 25.6 Å². The van der Waals surface area contributed by atoms with Gasteiger partial charge in [-0.2, -0.15) is 0 Å². The molecule has 0 saturated carbocycles. The third kappa shape index (κ3) is 5.87. The highest BCUT2D eigenvalue weighted by molar-refractivity contribution is 5.78. The van der Waals surface area contributed by atoms with Gasteiger partial charge in [-0.05, 0) is 5.56 Å². The first kappa shape index (κ1) is 21.9. The number of carbonyl (C=O) groups excluding carboxylic acids is 1. The number of nitrogens with one attached hydrogen (secondary N) is 1. The minimum absolute atomic E-state index is 0.0263. The van der Waals surface area contributed by atoms with E-state index in [2.05, 4.69) is 10.5 Å². The van der Waals surface area contributed by atoms with Gasteiger partial charge < -0.3 is 29.8 Å². The van der Waals surface area contributed by atoms with Crippen molar-refractivity contribution in [1.82, 2.24) is 5.32 Å². The molecule has 3 N–H and O–H groups in total. The average molecular weight is 414 g/mol. The first-order valence-corrected chi connectivity index (χ1v) is 9.68. The Kier molecular flexibility index (Phi) is 7.92. The molecule has 3 rings (SSSR count). The lowest BCUT2D eigenvalue weighted by atomic mass is 9.99. The molecule has 1 amide bonds. The molecule has 30 heavy (non-hydrogen) atoms. The number of aliphatic hydroxyl groups excluding tert-OH is 1. The van der Waals surface area contributed by atoms with Gasteiger partial charge >= 0.3 is 0 Å². The fourth-order valence-electron chi connectivity index (χ4n) is 3.32. The first-order valence-electron chi connectivity index (χ1n) is 9.68. The van der Waals surface area contributed by atoms with Crippen molar-refractivity contribution in [2.45, 2.75) is 44.2 Å². The maximum absolute atomic E-state index is 11.7. The summed E-state index contributed by atoms with van der Waals surface area (Å²) in [7, 11) is 0. The summed E-state index contributed by atoms with van der Waals surface area (Å²) in [6.45, 7) is 1.59. The van der Waals surface area contributed by atoms with Gasteiger partial charge in [0.25, 0.3) is 0 Å². The standard InChI is InChI=1S/C22H26N2O6/c1-15(25)24-18(12-23-27)20(28-13-16-8-4-2-5-9-16)21-19(26)14-29-22(30-21)17-10-6-3-7-11-17/h2-12,18-22,26-27H,13-14H2,1H3,(H,24,25)/b23-12-/t18-,19+,20-,21+,22+/m0/s1. The SMILES string of the molecule is CC(=O)N[C@@H](/C=N\O)[C@H](OCc1ccccc1)[C@@H]1O[C@H](c2ccccc2)OC[C@H]1O. The number of ether oxygens (including phenoxy) is 3. The van der Waals surface area contributed by atoms with Crippen molar-refractivity contribution in [1.29, 1.82) is 0 Å². The molecule has 1 aliphatic rings. The Morgan fingerprint density at radius 2 is 1.90 bits per heavy atom. The number of hydrogen-bond donors (Lipinski definition) is 3.